The van der Waals surface area contributed by atoms with Crippen LogP contribution >= 0.6 is 0 Å². The summed E-state index contributed by atoms with van der Waals surface area (Å²) in [6.07, 6.45) is 1.41. The second-order valence-corrected chi connectivity index (χ2v) is 4.52. The molecule has 0 aromatic carbocycles. The molecule has 1 heterocycles. The molecule has 1 saturated heterocycles. The Labute approximate surface area is 70.8 Å². The fourth-order valence-corrected chi connectivity index (χ4v) is 2.22. The zero-order valence-corrected chi connectivity index (χ0v) is 8.30. The monoisotopic (exact) mass is 155 g/mol. The summed E-state index contributed by atoms with van der Waals surface area (Å²) in [5, 5.41) is 0. The lowest BCUT2D eigenvalue weighted by atomic mass is 9.89. The standard InChI is InChI=1S/C10H21N/c1-8-5-9(2)10(3)7-11(4)6-8/h8-10H,5-7H2,1-4H3/t8-,9+,10-/m1/s1. The van der Waals surface area contributed by atoms with Crippen molar-refractivity contribution in [3.8, 4) is 0 Å². The van der Waals surface area contributed by atoms with Gasteiger partial charge in [-0.05, 0) is 31.2 Å². The highest BCUT2D eigenvalue weighted by Crippen LogP contribution is 2.24. The van der Waals surface area contributed by atoms with Gasteiger partial charge in [-0.2, -0.15) is 0 Å². The van der Waals surface area contributed by atoms with Crippen LogP contribution in [0.3, 0.4) is 0 Å². The molecular weight excluding hydrogens is 134 g/mol. The Morgan fingerprint density at radius 2 is 1.64 bits per heavy atom. The first-order chi connectivity index (χ1) is 5.09. The third-order valence-electron chi connectivity index (χ3n) is 2.97. The molecule has 0 bridgehead atoms. The zero-order valence-electron chi connectivity index (χ0n) is 8.30. The summed E-state index contributed by atoms with van der Waals surface area (Å²) in [5.74, 6) is 2.68. The van der Waals surface area contributed by atoms with Crippen molar-refractivity contribution < 1.29 is 0 Å². The third-order valence-corrected chi connectivity index (χ3v) is 2.97. The van der Waals surface area contributed by atoms with E-state index in [1.165, 1.54) is 19.5 Å². The van der Waals surface area contributed by atoms with Crippen LogP contribution in [0.4, 0.5) is 0 Å². The van der Waals surface area contributed by atoms with Crippen molar-refractivity contribution in [3.63, 3.8) is 0 Å². The van der Waals surface area contributed by atoms with Gasteiger partial charge < -0.3 is 4.90 Å². The van der Waals surface area contributed by atoms with E-state index < -0.39 is 0 Å². The van der Waals surface area contributed by atoms with Crippen LogP contribution in [-0.4, -0.2) is 25.0 Å². The molecule has 0 unspecified atom stereocenters. The van der Waals surface area contributed by atoms with Crippen LogP contribution in [0.25, 0.3) is 0 Å². The summed E-state index contributed by atoms with van der Waals surface area (Å²) in [6.45, 7) is 9.70. The van der Waals surface area contributed by atoms with E-state index in [-0.39, 0.29) is 0 Å². The van der Waals surface area contributed by atoms with Gasteiger partial charge >= 0.3 is 0 Å². The van der Waals surface area contributed by atoms with Gasteiger partial charge in [0.25, 0.3) is 0 Å². The molecule has 66 valence electrons. The largest absolute Gasteiger partial charge is 0.306 e. The summed E-state index contributed by atoms with van der Waals surface area (Å²) in [5.41, 5.74) is 0. The van der Waals surface area contributed by atoms with Gasteiger partial charge in [0.1, 0.15) is 0 Å². The average Bonchev–Trinajstić information content (AvgIpc) is 1.93. The number of likely N-dealkylation sites (tertiary alicyclic amines) is 1. The lowest BCUT2D eigenvalue weighted by Crippen LogP contribution is -2.25. The molecule has 0 amide bonds. The first-order valence-corrected chi connectivity index (χ1v) is 4.78. The number of rotatable bonds is 0. The minimum atomic E-state index is 0.880. The van der Waals surface area contributed by atoms with Crippen molar-refractivity contribution in [2.75, 3.05) is 20.1 Å². The van der Waals surface area contributed by atoms with Gasteiger partial charge in [-0.25, -0.2) is 0 Å². The summed E-state index contributed by atoms with van der Waals surface area (Å²) in [6, 6.07) is 0. The van der Waals surface area contributed by atoms with E-state index in [4.69, 9.17) is 0 Å². The molecule has 0 N–H and O–H groups in total. The van der Waals surface area contributed by atoms with E-state index in [2.05, 4.69) is 32.7 Å². The molecule has 1 aliphatic heterocycles. The van der Waals surface area contributed by atoms with Gasteiger partial charge in [0.15, 0.2) is 0 Å². The quantitative estimate of drug-likeness (QED) is 0.518. The topological polar surface area (TPSA) is 3.24 Å². The van der Waals surface area contributed by atoms with Gasteiger partial charge in [0, 0.05) is 13.1 Å². The normalized spacial score (nSPS) is 42.0. The molecule has 0 aromatic heterocycles. The molecule has 1 fully saturated rings. The number of nitrogens with zero attached hydrogens (tertiary/aromatic N) is 1. The molecule has 1 nitrogen and oxygen atoms in total. The van der Waals surface area contributed by atoms with Crippen molar-refractivity contribution in [2.24, 2.45) is 17.8 Å². The molecule has 0 spiro atoms. The molecule has 0 aromatic rings. The second kappa shape index (κ2) is 3.57. The molecule has 1 heteroatoms. The fraction of sp³-hybridized carbons (Fsp3) is 1.00. The SMILES string of the molecule is C[C@@H]1C[C@H](C)[C@H](C)CN(C)C1. The van der Waals surface area contributed by atoms with Crippen LogP contribution in [0, 0.1) is 17.8 Å². The summed E-state index contributed by atoms with van der Waals surface area (Å²) in [4.78, 5) is 2.47. The average molecular weight is 155 g/mol. The maximum absolute atomic E-state index is 2.47. The van der Waals surface area contributed by atoms with Crippen molar-refractivity contribution in [3.05, 3.63) is 0 Å². The molecule has 11 heavy (non-hydrogen) atoms. The maximum Gasteiger partial charge on any atom is 0.000663 e. The van der Waals surface area contributed by atoms with Crippen LogP contribution in [0.5, 0.6) is 0 Å². The molecular formula is C10H21N. The Morgan fingerprint density at radius 3 is 2.27 bits per heavy atom. The summed E-state index contributed by atoms with van der Waals surface area (Å²) >= 11 is 0. The smallest absolute Gasteiger partial charge is 0.000663 e. The predicted octanol–water partition coefficient (Wildman–Crippen LogP) is 2.23. The first-order valence-electron chi connectivity index (χ1n) is 4.78. The fourth-order valence-electron chi connectivity index (χ4n) is 2.22. The summed E-state index contributed by atoms with van der Waals surface area (Å²) in [7, 11) is 2.24. The highest BCUT2D eigenvalue weighted by molar-refractivity contribution is 4.74. The Kier molecular flexibility index (Phi) is 2.94. The Morgan fingerprint density at radius 1 is 1.00 bits per heavy atom. The van der Waals surface area contributed by atoms with Crippen molar-refractivity contribution >= 4 is 0 Å². The number of hydrogen-bond acceptors (Lipinski definition) is 1. The highest BCUT2D eigenvalue weighted by atomic mass is 15.1. The van der Waals surface area contributed by atoms with E-state index in [1.807, 2.05) is 0 Å². The van der Waals surface area contributed by atoms with E-state index in [0.29, 0.717) is 0 Å². The molecule has 0 saturated carbocycles. The van der Waals surface area contributed by atoms with Gasteiger partial charge in [-0.3, -0.25) is 0 Å². The van der Waals surface area contributed by atoms with Crippen molar-refractivity contribution in [1.29, 1.82) is 0 Å². The highest BCUT2D eigenvalue weighted by Gasteiger charge is 2.21. The van der Waals surface area contributed by atoms with Crippen molar-refractivity contribution in [2.45, 2.75) is 27.2 Å². The molecule has 1 rings (SSSR count). The minimum Gasteiger partial charge on any atom is -0.306 e. The zero-order chi connectivity index (χ0) is 8.43. The van der Waals surface area contributed by atoms with E-state index >= 15 is 0 Å². The Bertz CT molecular complexity index is 108. The van der Waals surface area contributed by atoms with Gasteiger partial charge in [0.05, 0.1) is 0 Å². The maximum atomic E-state index is 2.47. The second-order valence-electron chi connectivity index (χ2n) is 4.52. The molecule has 3 atom stereocenters. The van der Waals surface area contributed by atoms with Crippen molar-refractivity contribution in [1.82, 2.24) is 4.90 Å². The lowest BCUT2D eigenvalue weighted by Gasteiger charge is -2.19. The van der Waals surface area contributed by atoms with E-state index in [0.717, 1.165) is 17.8 Å². The molecule has 1 aliphatic rings. The molecule has 0 aliphatic carbocycles. The van der Waals surface area contributed by atoms with Crippen LogP contribution in [0.1, 0.15) is 27.2 Å². The van der Waals surface area contributed by atoms with Gasteiger partial charge in [-0.15, -0.1) is 0 Å². The molecule has 0 radical (unpaired) electrons. The van der Waals surface area contributed by atoms with Gasteiger partial charge in [-0.1, -0.05) is 20.8 Å². The van der Waals surface area contributed by atoms with E-state index in [9.17, 15) is 0 Å². The third kappa shape index (κ3) is 2.48. The van der Waals surface area contributed by atoms with Gasteiger partial charge in [0.2, 0.25) is 0 Å². The predicted molar refractivity (Wildman–Crippen MR) is 49.6 cm³/mol. The van der Waals surface area contributed by atoms with Crippen LogP contribution in [0.15, 0.2) is 0 Å². The minimum absolute atomic E-state index is 0.880. The van der Waals surface area contributed by atoms with Crippen LogP contribution in [0.2, 0.25) is 0 Å². The summed E-state index contributed by atoms with van der Waals surface area (Å²) < 4.78 is 0. The van der Waals surface area contributed by atoms with Crippen LogP contribution < -0.4 is 0 Å². The van der Waals surface area contributed by atoms with Crippen LogP contribution in [-0.2, 0) is 0 Å². The first kappa shape index (κ1) is 9.05. The Hall–Kier alpha value is -0.0400. The van der Waals surface area contributed by atoms with E-state index in [1.54, 1.807) is 0 Å². The lowest BCUT2D eigenvalue weighted by molar-refractivity contribution is 0.277. The Balaban J connectivity index is 2.51. The number of hydrogen-bond donors (Lipinski definition) is 0.